The molecule has 0 aliphatic heterocycles. The van der Waals surface area contributed by atoms with Crippen LogP contribution in [0.25, 0.3) is 33.6 Å². The van der Waals surface area contributed by atoms with Gasteiger partial charge >= 0.3 is 0 Å². The van der Waals surface area contributed by atoms with E-state index in [2.05, 4.69) is 29.4 Å². The Labute approximate surface area is 151 Å². The molecule has 1 aromatic carbocycles. The Morgan fingerprint density at radius 3 is 2.92 bits per heavy atom. The van der Waals surface area contributed by atoms with Gasteiger partial charge in [-0.2, -0.15) is 0 Å². The second-order valence-electron chi connectivity index (χ2n) is 6.02. The van der Waals surface area contributed by atoms with E-state index in [1.807, 2.05) is 31.2 Å². The number of nitrogens with one attached hydrogen (secondary N) is 1. The zero-order chi connectivity index (χ0) is 17.9. The molecule has 132 valence electrons. The Balaban J connectivity index is 1.86. The van der Waals surface area contributed by atoms with Gasteiger partial charge in [0.1, 0.15) is 5.52 Å². The third kappa shape index (κ3) is 3.11. The highest BCUT2D eigenvalue weighted by atomic mass is 16.5. The van der Waals surface area contributed by atoms with Crippen LogP contribution in [0.4, 0.5) is 5.82 Å². The summed E-state index contributed by atoms with van der Waals surface area (Å²) in [6.45, 7) is 5.95. The van der Waals surface area contributed by atoms with Gasteiger partial charge in [0, 0.05) is 24.9 Å². The van der Waals surface area contributed by atoms with Crippen molar-refractivity contribution >= 4 is 28.0 Å². The molecule has 0 unspecified atom stereocenters. The van der Waals surface area contributed by atoms with Crippen molar-refractivity contribution in [3.8, 4) is 11.4 Å². The van der Waals surface area contributed by atoms with Crippen molar-refractivity contribution in [1.82, 2.24) is 15.0 Å². The molecule has 26 heavy (non-hydrogen) atoms. The maximum absolute atomic E-state index is 5.92. The van der Waals surface area contributed by atoms with E-state index in [1.54, 1.807) is 6.20 Å². The monoisotopic (exact) mass is 348 g/mol. The van der Waals surface area contributed by atoms with Crippen LogP contribution >= 0.6 is 0 Å². The van der Waals surface area contributed by atoms with Crippen molar-refractivity contribution in [3.63, 3.8) is 0 Å². The van der Waals surface area contributed by atoms with Crippen LogP contribution < -0.4 is 5.32 Å². The summed E-state index contributed by atoms with van der Waals surface area (Å²) in [5, 5.41) is 4.19. The van der Waals surface area contributed by atoms with E-state index < -0.39 is 0 Å². The first-order valence-electron chi connectivity index (χ1n) is 8.70. The average molecular weight is 348 g/mol. The maximum atomic E-state index is 5.92. The van der Waals surface area contributed by atoms with Gasteiger partial charge in [0.05, 0.1) is 12.0 Å². The minimum atomic E-state index is 0.561. The van der Waals surface area contributed by atoms with Gasteiger partial charge in [0.15, 0.2) is 17.2 Å². The number of pyridine rings is 1. The highest BCUT2D eigenvalue weighted by molar-refractivity contribution is 6.05. The molecular weight excluding hydrogens is 328 g/mol. The first-order valence-corrected chi connectivity index (χ1v) is 8.70. The highest BCUT2D eigenvalue weighted by Gasteiger charge is 2.17. The first-order chi connectivity index (χ1) is 12.8. The summed E-state index contributed by atoms with van der Waals surface area (Å²) in [4.78, 5) is 13.8. The molecule has 0 bridgehead atoms. The van der Waals surface area contributed by atoms with E-state index in [0.29, 0.717) is 42.7 Å². The molecule has 0 amide bonds. The number of anilines is 1. The molecule has 0 aliphatic carbocycles. The van der Waals surface area contributed by atoms with E-state index in [4.69, 9.17) is 19.1 Å². The summed E-state index contributed by atoms with van der Waals surface area (Å²) in [5.41, 5.74) is 4.07. The van der Waals surface area contributed by atoms with Gasteiger partial charge in [0.2, 0.25) is 5.71 Å². The molecule has 3 heterocycles. The molecule has 0 fully saturated rings. The van der Waals surface area contributed by atoms with Crippen LogP contribution in [0.1, 0.15) is 12.5 Å². The van der Waals surface area contributed by atoms with Crippen LogP contribution in [0, 0.1) is 6.92 Å². The number of furan rings is 1. The van der Waals surface area contributed by atoms with Gasteiger partial charge in [-0.15, -0.1) is 0 Å². The third-order valence-corrected chi connectivity index (χ3v) is 4.11. The van der Waals surface area contributed by atoms with Gasteiger partial charge in [-0.25, -0.2) is 15.0 Å². The van der Waals surface area contributed by atoms with Crippen molar-refractivity contribution in [3.05, 3.63) is 48.2 Å². The minimum Gasteiger partial charge on any atom is -0.432 e. The predicted molar refractivity (Wildman–Crippen MR) is 102 cm³/mol. The number of ether oxygens (including phenoxy) is 1. The largest absolute Gasteiger partial charge is 0.432 e. The van der Waals surface area contributed by atoms with Crippen LogP contribution in [0.15, 0.2) is 47.0 Å². The number of benzene rings is 1. The molecule has 1 N–H and O–H groups in total. The molecule has 0 aliphatic rings. The molecule has 4 rings (SSSR count). The van der Waals surface area contributed by atoms with Crippen molar-refractivity contribution in [2.45, 2.75) is 13.8 Å². The smallest absolute Gasteiger partial charge is 0.229 e. The van der Waals surface area contributed by atoms with Crippen molar-refractivity contribution in [2.75, 3.05) is 25.1 Å². The lowest BCUT2D eigenvalue weighted by molar-refractivity contribution is 0.158. The average Bonchev–Trinajstić information content (AvgIpc) is 3.04. The Morgan fingerprint density at radius 1 is 1.15 bits per heavy atom. The van der Waals surface area contributed by atoms with Crippen LogP contribution in [0.2, 0.25) is 0 Å². The lowest BCUT2D eigenvalue weighted by atomic mass is 10.1. The number of hydrogen-bond donors (Lipinski definition) is 1. The highest BCUT2D eigenvalue weighted by Crippen LogP contribution is 2.32. The van der Waals surface area contributed by atoms with Crippen LogP contribution in [0.5, 0.6) is 0 Å². The fraction of sp³-hybridized carbons (Fsp3) is 0.250. The molecule has 0 radical (unpaired) electrons. The summed E-state index contributed by atoms with van der Waals surface area (Å²) in [6, 6.07) is 12.0. The Hall–Kier alpha value is -2.99. The number of nitrogens with zero attached hydrogens (tertiary/aromatic N) is 3. The topological polar surface area (TPSA) is 73.1 Å². The lowest BCUT2D eigenvalue weighted by Gasteiger charge is -2.08. The zero-order valence-corrected chi connectivity index (χ0v) is 14.8. The molecular formula is C20H20N4O2. The number of fused-ring (bicyclic) bond motifs is 3. The van der Waals surface area contributed by atoms with Crippen LogP contribution in [-0.2, 0) is 4.74 Å². The van der Waals surface area contributed by atoms with Gasteiger partial charge in [-0.05, 0) is 32.0 Å². The maximum Gasteiger partial charge on any atom is 0.229 e. The molecule has 3 aromatic heterocycles. The number of rotatable bonds is 6. The quantitative estimate of drug-likeness (QED) is 0.527. The zero-order valence-electron chi connectivity index (χ0n) is 14.8. The van der Waals surface area contributed by atoms with Crippen LogP contribution in [-0.4, -0.2) is 34.7 Å². The number of hydrogen-bond acceptors (Lipinski definition) is 6. The van der Waals surface area contributed by atoms with Crippen molar-refractivity contribution in [2.24, 2.45) is 0 Å². The van der Waals surface area contributed by atoms with E-state index in [9.17, 15) is 0 Å². The Bertz CT molecular complexity index is 1060. The number of aromatic nitrogens is 3. The molecule has 0 saturated carbocycles. The summed E-state index contributed by atoms with van der Waals surface area (Å²) < 4.78 is 11.3. The second-order valence-corrected chi connectivity index (χ2v) is 6.02. The summed E-state index contributed by atoms with van der Waals surface area (Å²) in [5.74, 6) is 1.32. The van der Waals surface area contributed by atoms with E-state index in [0.717, 1.165) is 22.0 Å². The normalized spacial score (nSPS) is 11.3. The summed E-state index contributed by atoms with van der Waals surface area (Å²) in [6.07, 6.45) is 1.71. The first kappa shape index (κ1) is 16.5. The van der Waals surface area contributed by atoms with Crippen molar-refractivity contribution < 1.29 is 9.15 Å². The van der Waals surface area contributed by atoms with E-state index in [-0.39, 0.29) is 0 Å². The number of aryl methyl sites for hydroxylation is 1. The van der Waals surface area contributed by atoms with Gasteiger partial charge in [-0.3, -0.25) is 0 Å². The predicted octanol–water partition coefficient (Wildman–Crippen LogP) is 4.19. The fourth-order valence-electron chi connectivity index (χ4n) is 2.90. The Kier molecular flexibility index (Phi) is 4.50. The summed E-state index contributed by atoms with van der Waals surface area (Å²) in [7, 11) is 0. The van der Waals surface area contributed by atoms with Crippen molar-refractivity contribution in [1.29, 1.82) is 0 Å². The molecule has 0 saturated heterocycles. The third-order valence-electron chi connectivity index (χ3n) is 4.11. The SMILES string of the molecule is CCOCCNc1nc(-c2cccc(C)c2)nc2c1oc1ncccc12. The van der Waals surface area contributed by atoms with Gasteiger partial charge in [0.25, 0.3) is 0 Å². The molecule has 0 atom stereocenters. The molecule has 6 heteroatoms. The fourth-order valence-corrected chi connectivity index (χ4v) is 2.90. The molecule has 4 aromatic rings. The molecule has 0 spiro atoms. The van der Waals surface area contributed by atoms with Crippen LogP contribution in [0.3, 0.4) is 0 Å². The lowest BCUT2D eigenvalue weighted by Crippen LogP contribution is -2.11. The summed E-state index contributed by atoms with van der Waals surface area (Å²) >= 11 is 0. The minimum absolute atomic E-state index is 0.561. The van der Waals surface area contributed by atoms with E-state index in [1.165, 1.54) is 0 Å². The van der Waals surface area contributed by atoms with E-state index >= 15 is 0 Å². The standard InChI is InChI=1S/C20H20N4O2/c1-3-25-11-10-21-19-17-16(15-8-5-9-22-20(15)26-17)23-18(24-19)14-7-4-6-13(2)12-14/h4-9,12H,3,10-11H2,1-2H3,(H,21,23,24). The van der Waals surface area contributed by atoms with Gasteiger partial charge in [-0.1, -0.05) is 23.8 Å². The molecule has 6 nitrogen and oxygen atoms in total. The van der Waals surface area contributed by atoms with Gasteiger partial charge < -0.3 is 14.5 Å². The second kappa shape index (κ2) is 7.09. The Morgan fingerprint density at radius 2 is 2.08 bits per heavy atom.